The molecule has 0 unspecified atom stereocenters. The summed E-state index contributed by atoms with van der Waals surface area (Å²) >= 11 is 1.50. The number of carboxylic acids is 1. The number of hydrogen-bond acceptors (Lipinski definition) is 5. The number of nitrogens with one attached hydrogen (secondary N) is 2. The zero-order chi connectivity index (χ0) is 14.9. The molecule has 0 aromatic heterocycles. The number of carbonyl (C=O) groups is 2. The molecule has 0 radical (unpaired) electrons. The highest BCUT2D eigenvalue weighted by Gasteiger charge is 2.18. The molecule has 0 aromatic rings. The van der Waals surface area contributed by atoms with Crippen LogP contribution < -0.4 is 10.6 Å². The summed E-state index contributed by atoms with van der Waals surface area (Å²) in [7, 11) is -3.04. The van der Waals surface area contributed by atoms with Crippen molar-refractivity contribution < 1.29 is 23.1 Å². The molecule has 0 fully saturated rings. The monoisotopic (exact) mass is 312 g/mol. The summed E-state index contributed by atoms with van der Waals surface area (Å²) in [6, 6.07) is -1.52. The Hall–Kier alpha value is -0.960. The zero-order valence-electron chi connectivity index (χ0n) is 11.0. The van der Waals surface area contributed by atoms with Gasteiger partial charge in [0.1, 0.15) is 15.9 Å². The topological polar surface area (TPSA) is 113 Å². The van der Waals surface area contributed by atoms with Crippen molar-refractivity contribution in [1.29, 1.82) is 0 Å². The number of aliphatic carboxylic acids is 1. The van der Waals surface area contributed by atoms with E-state index in [4.69, 9.17) is 5.11 Å². The lowest BCUT2D eigenvalue weighted by Gasteiger charge is -2.14. The van der Waals surface area contributed by atoms with Gasteiger partial charge in [-0.1, -0.05) is 0 Å². The first-order chi connectivity index (χ1) is 8.76. The van der Waals surface area contributed by atoms with E-state index in [1.54, 1.807) is 0 Å². The van der Waals surface area contributed by atoms with Gasteiger partial charge in [-0.2, -0.15) is 11.8 Å². The third-order valence-corrected chi connectivity index (χ3v) is 3.87. The molecule has 0 saturated carbocycles. The Morgan fingerprint density at radius 3 is 2.47 bits per heavy atom. The Bertz CT molecular complexity index is 397. The minimum atomic E-state index is -3.04. The highest BCUT2D eigenvalue weighted by Crippen LogP contribution is 2.00. The lowest BCUT2D eigenvalue weighted by atomic mass is 10.2. The van der Waals surface area contributed by atoms with Crippen LogP contribution in [0.3, 0.4) is 0 Å². The normalized spacial score (nSPS) is 12.7. The maximum absolute atomic E-state index is 11.4. The van der Waals surface area contributed by atoms with E-state index in [0.29, 0.717) is 18.6 Å². The molecule has 0 saturated heterocycles. The van der Waals surface area contributed by atoms with Crippen LogP contribution in [-0.4, -0.2) is 62.1 Å². The van der Waals surface area contributed by atoms with E-state index in [9.17, 15) is 18.0 Å². The largest absolute Gasteiger partial charge is 0.480 e. The third-order valence-electron chi connectivity index (χ3n) is 2.19. The van der Waals surface area contributed by atoms with E-state index < -0.39 is 27.9 Å². The number of amides is 2. The highest BCUT2D eigenvalue weighted by molar-refractivity contribution is 7.98. The molecule has 0 aliphatic carbocycles. The molecule has 3 N–H and O–H groups in total. The van der Waals surface area contributed by atoms with Crippen molar-refractivity contribution in [2.45, 2.75) is 18.9 Å². The van der Waals surface area contributed by atoms with Gasteiger partial charge in [-0.15, -0.1) is 0 Å². The van der Waals surface area contributed by atoms with Crippen LogP contribution in [0.25, 0.3) is 0 Å². The van der Waals surface area contributed by atoms with E-state index >= 15 is 0 Å². The molecule has 112 valence electrons. The maximum atomic E-state index is 11.4. The number of hydrogen-bond donors (Lipinski definition) is 3. The van der Waals surface area contributed by atoms with Crippen LogP contribution in [0.5, 0.6) is 0 Å². The first-order valence-electron chi connectivity index (χ1n) is 5.70. The van der Waals surface area contributed by atoms with Crippen molar-refractivity contribution in [1.82, 2.24) is 10.6 Å². The van der Waals surface area contributed by atoms with E-state index in [0.717, 1.165) is 6.26 Å². The van der Waals surface area contributed by atoms with Crippen LogP contribution in [0.2, 0.25) is 0 Å². The molecular formula is C10H20N2O5S2. The minimum absolute atomic E-state index is 0.0118. The van der Waals surface area contributed by atoms with Gasteiger partial charge >= 0.3 is 12.0 Å². The Morgan fingerprint density at radius 1 is 1.37 bits per heavy atom. The second-order valence-corrected chi connectivity index (χ2v) is 7.30. The molecular weight excluding hydrogens is 292 g/mol. The Morgan fingerprint density at radius 2 is 2.00 bits per heavy atom. The summed E-state index contributed by atoms with van der Waals surface area (Å²) in [4.78, 5) is 22.3. The Labute approximate surface area is 117 Å². The van der Waals surface area contributed by atoms with Gasteiger partial charge in [0, 0.05) is 12.8 Å². The van der Waals surface area contributed by atoms with Crippen molar-refractivity contribution in [2.75, 3.05) is 30.6 Å². The third kappa shape index (κ3) is 10.6. The van der Waals surface area contributed by atoms with E-state index in [1.807, 2.05) is 6.26 Å². The Balaban J connectivity index is 3.96. The maximum Gasteiger partial charge on any atom is 0.326 e. The smallest absolute Gasteiger partial charge is 0.326 e. The minimum Gasteiger partial charge on any atom is -0.480 e. The highest BCUT2D eigenvalue weighted by atomic mass is 32.2. The second-order valence-electron chi connectivity index (χ2n) is 4.06. The number of carbonyl (C=O) groups excluding carboxylic acids is 1. The molecule has 0 bridgehead atoms. The summed E-state index contributed by atoms with van der Waals surface area (Å²) in [5.41, 5.74) is 0. The molecule has 7 nitrogen and oxygen atoms in total. The van der Waals surface area contributed by atoms with Gasteiger partial charge in [0.15, 0.2) is 0 Å². The summed E-state index contributed by atoms with van der Waals surface area (Å²) in [5, 5.41) is 13.7. The van der Waals surface area contributed by atoms with Crippen LogP contribution in [0.15, 0.2) is 0 Å². The number of thioether (sulfide) groups is 1. The molecule has 0 spiro atoms. The van der Waals surface area contributed by atoms with Crippen LogP contribution in [0.4, 0.5) is 4.79 Å². The van der Waals surface area contributed by atoms with Gasteiger partial charge in [0.2, 0.25) is 0 Å². The van der Waals surface area contributed by atoms with Crippen molar-refractivity contribution in [3.63, 3.8) is 0 Å². The number of rotatable bonds is 9. The molecule has 0 aliphatic heterocycles. The zero-order valence-corrected chi connectivity index (χ0v) is 12.6. The van der Waals surface area contributed by atoms with E-state index in [1.165, 1.54) is 11.8 Å². The summed E-state index contributed by atoms with van der Waals surface area (Å²) in [6.07, 6.45) is 3.61. The van der Waals surface area contributed by atoms with Gasteiger partial charge < -0.3 is 15.7 Å². The summed E-state index contributed by atoms with van der Waals surface area (Å²) < 4.78 is 21.7. The van der Waals surface area contributed by atoms with Crippen molar-refractivity contribution in [3.8, 4) is 0 Å². The average molecular weight is 312 g/mol. The van der Waals surface area contributed by atoms with Gasteiger partial charge in [-0.05, 0) is 24.9 Å². The van der Waals surface area contributed by atoms with Gasteiger partial charge in [-0.3, -0.25) is 0 Å². The van der Waals surface area contributed by atoms with Crippen LogP contribution in [0, 0.1) is 0 Å². The summed E-state index contributed by atoms with van der Waals surface area (Å²) in [5.74, 6) is -0.465. The molecule has 9 heteroatoms. The number of carboxylic acid groups (broad SMARTS) is 1. The molecule has 2 amide bonds. The van der Waals surface area contributed by atoms with Crippen molar-refractivity contribution >= 4 is 33.6 Å². The van der Waals surface area contributed by atoms with Gasteiger partial charge in [0.25, 0.3) is 0 Å². The summed E-state index contributed by atoms with van der Waals surface area (Å²) in [6.45, 7) is 0.188. The standard InChI is InChI=1S/C10H20N2O5S2/c1-18-6-4-8(9(13)14)12-10(15)11-5-3-7-19(2,16)17/h8H,3-7H2,1-2H3,(H,13,14)(H2,11,12,15)/t8-/m0/s1. The van der Waals surface area contributed by atoms with E-state index in [-0.39, 0.29) is 12.3 Å². The molecule has 0 rings (SSSR count). The first kappa shape index (κ1) is 18.0. The molecule has 1 atom stereocenters. The SMILES string of the molecule is CSCC[C@H](NC(=O)NCCCS(C)(=O)=O)C(=O)O. The van der Waals surface area contributed by atoms with Gasteiger partial charge in [0.05, 0.1) is 5.75 Å². The predicted octanol–water partition coefficient (Wildman–Crippen LogP) is -0.0734. The van der Waals surface area contributed by atoms with Gasteiger partial charge in [-0.25, -0.2) is 18.0 Å². The quantitative estimate of drug-likeness (QED) is 0.514. The predicted molar refractivity (Wildman–Crippen MR) is 75.3 cm³/mol. The van der Waals surface area contributed by atoms with Crippen molar-refractivity contribution in [2.24, 2.45) is 0 Å². The van der Waals surface area contributed by atoms with E-state index in [2.05, 4.69) is 10.6 Å². The molecule has 0 aliphatic rings. The van der Waals surface area contributed by atoms with Crippen LogP contribution in [-0.2, 0) is 14.6 Å². The fourth-order valence-electron chi connectivity index (χ4n) is 1.24. The Kier molecular flexibility index (Phi) is 8.57. The molecule has 19 heavy (non-hydrogen) atoms. The number of sulfone groups is 1. The first-order valence-corrected chi connectivity index (χ1v) is 9.15. The molecule has 0 aromatic carbocycles. The van der Waals surface area contributed by atoms with Crippen LogP contribution in [0.1, 0.15) is 12.8 Å². The van der Waals surface area contributed by atoms with Crippen LogP contribution >= 0.6 is 11.8 Å². The molecule has 0 heterocycles. The van der Waals surface area contributed by atoms with Crippen molar-refractivity contribution in [3.05, 3.63) is 0 Å². The second kappa shape index (κ2) is 9.03. The average Bonchev–Trinajstić information content (AvgIpc) is 2.28. The number of urea groups is 1. The lowest BCUT2D eigenvalue weighted by molar-refractivity contribution is -0.139. The lowest BCUT2D eigenvalue weighted by Crippen LogP contribution is -2.46. The fourth-order valence-corrected chi connectivity index (χ4v) is 2.38. The fraction of sp³-hybridized carbons (Fsp3) is 0.800.